The number of rotatable bonds is 3. The van der Waals surface area contributed by atoms with Crippen LogP contribution in [0.25, 0.3) is 0 Å². The van der Waals surface area contributed by atoms with E-state index in [4.69, 9.17) is 0 Å². The number of hydrogen-bond acceptors (Lipinski definition) is 3. The van der Waals surface area contributed by atoms with Crippen LogP contribution < -0.4 is 0 Å². The second kappa shape index (κ2) is 6.71. The van der Waals surface area contributed by atoms with Crippen LogP contribution >= 0.6 is 0 Å². The van der Waals surface area contributed by atoms with E-state index in [1.165, 1.54) is 11.1 Å². The van der Waals surface area contributed by atoms with Crippen LogP contribution in [0.1, 0.15) is 21.5 Å². The van der Waals surface area contributed by atoms with Gasteiger partial charge in [-0.15, -0.1) is 0 Å². The number of benzene rings is 1. The lowest BCUT2D eigenvalue weighted by molar-refractivity contribution is 0.0628. The van der Waals surface area contributed by atoms with Crippen LogP contribution in [0.4, 0.5) is 0 Å². The maximum atomic E-state index is 12.4. The van der Waals surface area contributed by atoms with Gasteiger partial charge in [-0.2, -0.15) is 0 Å². The van der Waals surface area contributed by atoms with Crippen LogP contribution in [0.5, 0.6) is 0 Å². The van der Waals surface area contributed by atoms with Gasteiger partial charge in [0.25, 0.3) is 5.91 Å². The molecule has 0 unspecified atom stereocenters. The zero-order valence-corrected chi connectivity index (χ0v) is 12.9. The highest BCUT2D eigenvalue weighted by molar-refractivity contribution is 5.93. The molecule has 1 saturated heterocycles. The largest absolute Gasteiger partial charge is 0.336 e. The third kappa shape index (κ3) is 3.34. The van der Waals surface area contributed by atoms with E-state index in [2.05, 4.69) is 41.1 Å². The first-order chi connectivity index (χ1) is 10.7. The second-order valence-electron chi connectivity index (χ2n) is 5.74. The Labute approximate surface area is 131 Å². The van der Waals surface area contributed by atoms with E-state index in [1.807, 2.05) is 17.0 Å². The minimum atomic E-state index is 0.0867. The van der Waals surface area contributed by atoms with Crippen LogP contribution in [0, 0.1) is 6.92 Å². The quantitative estimate of drug-likeness (QED) is 0.872. The molecule has 1 aromatic heterocycles. The molecular weight excluding hydrogens is 274 g/mol. The Balaban J connectivity index is 1.57. The summed E-state index contributed by atoms with van der Waals surface area (Å²) in [4.78, 5) is 20.7. The second-order valence-corrected chi connectivity index (χ2v) is 5.74. The molecule has 1 aliphatic rings. The van der Waals surface area contributed by atoms with E-state index in [-0.39, 0.29) is 5.91 Å². The molecule has 0 spiro atoms. The number of aryl methyl sites for hydroxylation is 1. The van der Waals surface area contributed by atoms with E-state index in [9.17, 15) is 4.79 Å². The fraction of sp³-hybridized carbons (Fsp3) is 0.333. The van der Waals surface area contributed by atoms with Crippen molar-refractivity contribution in [2.24, 2.45) is 0 Å². The van der Waals surface area contributed by atoms with Gasteiger partial charge in [0.05, 0.1) is 5.56 Å². The standard InChI is InChI=1S/C18H21N3O/c1-15-5-2-3-6-17(15)14-20-9-11-21(12-10-20)18(22)16-7-4-8-19-13-16/h2-8,13H,9-12,14H2,1H3. The molecule has 3 rings (SSSR count). The van der Waals surface area contributed by atoms with Crippen LogP contribution in [-0.2, 0) is 6.54 Å². The van der Waals surface area contributed by atoms with Crippen molar-refractivity contribution in [3.05, 3.63) is 65.5 Å². The summed E-state index contributed by atoms with van der Waals surface area (Å²) in [6.45, 7) is 6.50. The van der Waals surface area contributed by atoms with Gasteiger partial charge < -0.3 is 4.90 Å². The number of nitrogens with zero attached hydrogens (tertiary/aromatic N) is 3. The summed E-state index contributed by atoms with van der Waals surface area (Å²) in [7, 11) is 0. The topological polar surface area (TPSA) is 36.4 Å². The van der Waals surface area contributed by atoms with Crippen molar-refractivity contribution < 1.29 is 4.79 Å². The minimum absolute atomic E-state index is 0.0867. The zero-order chi connectivity index (χ0) is 15.4. The van der Waals surface area contributed by atoms with Crippen LogP contribution in [-0.4, -0.2) is 46.9 Å². The molecule has 0 atom stereocenters. The highest BCUT2D eigenvalue weighted by Crippen LogP contribution is 2.13. The minimum Gasteiger partial charge on any atom is -0.336 e. The summed E-state index contributed by atoms with van der Waals surface area (Å²) in [6, 6.07) is 12.1. The molecule has 0 N–H and O–H groups in total. The first-order valence-corrected chi connectivity index (χ1v) is 7.70. The summed E-state index contributed by atoms with van der Waals surface area (Å²) in [6.07, 6.45) is 3.33. The molecule has 4 nitrogen and oxygen atoms in total. The van der Waals surface area contributed by atoms with Crippen molar-refractivity contribution in [2.75, 3.05) is 26.2 Å². The fourth-order valence-electron chi connectivity index (χ4n) is 2.81. The Morgan fingerprint density at radius 1 is 1.09 bits per heavy atom. The summed E-state index contributed by atoms with van der Waals surface area (Å²) in [5.41, 5.74) is 3.38. The molecule has 1 aliphatic heterocycles. The molecule has 1 aromatic carbocycles. The number of amides is 1. The Morgan fingerprint density at radius 3 is 2.55 bits per heavy atom. The van der Waals surface area contributed by atoms with Crippen molar-refractivity contribution in [2.45, 2.75) is 13.5 Å². The Bertz CT molecular complexity index is 634. The van der Waals surface area contributed by atoms with Gasteiger partial charge >= 0.3 is 0 Å². The van der Waals surface area contributed by atoms with Crippen molar-refractivity contribution in [1.82, 2.24) is 14.8 Å². The molecular formula is C18H21N3O. The first-order valence-electron chi connectivity index (χ1n) is 7.70. The van der Waals surface area contributed by atoms with Gasteiger partial charge in [0, 0.05) is 45.1 Å². The molecule has 4 heteroatoms. The van der Waals surface area contributed by atoms with E-state index in [0.717, 1.165) is 32.7 Å². The number of hydrogen-bond donors (Lipinski definition) is 0. The van der Waals surface area contributed by atoms with Crippen LogP contribution in [0.2, 0.25) is 0 Å². The van der Waals surface area contributed by atoms with Crippen LogP contribution in [0.15, 0.2) is 48.8 Å². The third-order valence-corrected chi connectivity index (χ3v) is 4.22. The number of pyridine rings is 1. The molecule has 2 aromatic rings. The molecule has 114 valence electrons. The summed E-state index contributed by atoms with van der Waals surface area (Å²) in [5, 5.41) is 0. The number of carbonyl (C=O) groups excluding carboxylic acids is 1. The van der Waals surface area contributed by atoms with Gasteiger partial charge in [0.15, 0.2) is 0 Å². The molecule has 0 radical (unpaired) electrons. The Kier molecular flexibility index (Phi) is 4.49. The maximum absolute atomic E-state index is 12.4. The normalized spacial score (nSPS) is 15.8. The monoisotopic (exact) mass is 295 g/mol. The van der Waals surface area contributed by atoms with E-state index in [0.29, 0.717) is 5.56 Å². The average Bonchev–Trinajstić information content (AvgIpc) is 2.58. The summed E-state index contributed by atoms with van der Waals surface area (Å²) in [5.74, 6) is 0.0867. The molecule has 2 heterocycles. The summed E-state index contributed by atoms with van der Waals surface area (Å²) >= 11 is 0. The molecule has 1 fully saturated rings. The number of aromatic nitrogens is 1. The van der Waals surface area contributed by atoms with Crippen molar-refractivity contribution in [1.29, 1.82) is 0 Å². The third-order valence-electron chi connectivity index (χ3n) is 4.22. The molecule has 0 aliphatic carbocycles. The number of carbonyl (C=O) groups is 1. The van der Waals surface area contributed by atoms with E-state index >= 15 is 0 Å². The van der Waals surface area contributed by atoms with Crippen molar-refractivity contribution in [3.8, 4) is 0 Å². The molecule has 0 bridgehead atoms. The van der Waals surface area contributed by atoms with Crippen molar-refractivity contribution in [3.63, 3.8) is 0 Å². The molecule has 22 heavy (non-hydrogen) atoms. The maximum Gasteiger partial charge on any atom is 0.255 e. The Hall–Kier alpha value is -2.20. The Morgan fingerprint density at radius 2 is 1.86 bits per heavy atom. The molecule has 0 saturated carbocycles. The van der Waals surface area contributed by atoms with Crippen molar-refractivity contribution >= 4 is 5.91 Å². The van der Waals surface area contributed by atoms with E-state index < -0.39 is 0 Å². The lowest BCUT2D eigenvalue weighted by Crippen LogP contribution is -2.48. The molecule has 1 amide bonds. The fourth-order valence-corrected chi connectivity index (χ4v) is 2.81. The lowest BCUT2D eigenvalue weighted by atomic mass is 10.1. The van der Waals surface area contributed by atoms with Gasteiger partial charge in [-0.05, 0) is 30.2 Å². The smallest absolute Gasteiger partial charge is 0.255 e. The average molecular weight is 295 g/mol. The highest BCUT2D eigenvalue weighted by atomic mass is 16.2. The van der Waals surface area contributed by atoms with E-state index in [1.54, 1.807) is 12.4 Å². The zero-order valence-electron chi connectivity index (χ0n) is 12.9. The van der Waals surface area contributed by atoms with Gasteiger partial charge in [-0.1, -0.05) is 24.3 Å². The van der Waals surface area contributed by atoms with Gasteiger partial charge in [0.2, 0.25) is 0 Å². The predicted molar refractivity (Wildman–Crippen MR) is 86.6 cm³/mol. The first kappa shape index (κ1) is 14.7. The van der Waals surface area contributed by atoms with Crippen LogP contribution in [0.3, 0.4) is 0 Å². The predicted octanol–water partition coefficient (Wildman–Crippen LogP) is 2.35. The number of piperazine rings is 1. The summed E-state index contributed by atoms with van der Waals surface area (Å²) < 4.78 is 0. The SMILES string of the molecule is Cc1ccccc1CN1CCN(C(=O)c2cccnc2)CC1. The highest BCUT2D eigenvalue weighted by Gasteiger charge is 2.22. The lowest BCUT2D eigenvalue weighted by Gasteiger charge is -2.35. The van der Waals surface area contributed by atoms with Gasteiger partial charge in [-0.25, -0.2) is 0 Å². The van der Waals surface area contributed by atoms with Gasteiger partial charge in [-0.3, -0.25) is 14.7 Å². The van der Waals surface area contributed by atoms with Gasteiger partial charge in [0.1, 0.15) is 0 Å².